The van der Waals surface area contributed by atoms with Crippen LogP contribution in [0.2, 0.25) is 0 Å². The quantitative estimate of drug-likeness (QED) is 0.728. The fraction of sp³-hybridized carbons (Fsp3) is 0.909. The number of nitrogens with zero attached hydrogens (tertiary/aromatic N) is 1. The minimum atomic E-state index is -0.161. The minimum absolute atomic E-state index is 0.124. The van der Waals surface area contributed by atoms with Crippen molar-refractivity contribution < 1.29 is 4.79 Å². The van der Waals surface area contributed by atoms with Crippen LogP contribution in [0.3, 0.4) is 0 Å². The van der Waals surface area contributed by atoms with Gasteiger partial charge in [-0.1, -0.05) is 13.8 Å². The molecule has 0 spiro atoms. The van der Waals surface area contributed by atoms with Gasteiger partial charge in [-0.15, -0.1) is 0 Å². The van der Waals surface area contributed by atoms with Crippen LogP contribution in [0.25, 0.3) is 0 Å². The predicted octanol–water partition coefficient (Wildman–Crippen LogP) is 1.37. The maximum Gasteiger partial charge on any atom is 0.223 e. The van der Waals surface area contributed by atoms with E-state index in [-0.39, 0.29) is 17.5 Å². The normalized spacial score (nSPS) is 25.9. The number of hydrogen-bond donors (Lipinski definition) is 1. The molecule has 0 bridgehead atoms. The summed E-state index contributed by atoms with van der Waals surface area (Å²) in [5.41, 5.74) is 5.82. The van der Waals surface area contributed by atoms with Crippen molar-refractivity contribution in [1.29, 1.82) is 0 Å². The summed E-state index contributed by atoms with van der Waals surface area (Å²) in [5.74, 6) is 0.674. The average Bonchev–Trinajstić information content (AvgIpc) is 2.26. The van der Waals surface area contributed by atoms with Crippen LogP contribution in [0.15, 0.2) is 0 Å². The molecule has 0 aromatic rings. The molecule has 1 saturated heterocycles. The third-order valence-corrected chi connectivity index (χ3v) is 3.15. The Morgan fingerprint density at radius 1 is 1.57 bits per heavy atom. The molecule has 14 heavy (non-hydrogen) atoms. The molecule has 1 fully saturated rings. The van der Waals surface area contributed by atoms with Crippen LogP contribution in [0.1, 0.15) is 40.5 Å². The van der Waals surface area contributed by atoms with E-state index in [0.717, 1.165) is 13.0 Å². The Labute approximate surface area is 86.6 Å². The fourth-order valence-corrected chi connectivity index (χ4v) is 2.02. The summed E-state index contributed by atoms with van der Waals surface area (Å²) in [4.78, 5) is 13.8. The molecule has 0 saturated carbocycles. The molecule has 2 N–H and O–H groups in total. The zero-order valence-corrected chi connectivity index (χ0v) is 9.71. The molecule has 1 aliphatic rings. The Kier molecular flexibility index (Phi) is 3.20. The van der Waals surface area contributed by atoms with E-state index >= 15 is 0 Å². The van der Waals surface area contributed by atoms with E-state index in [2.05, 4.69) is 27.7 Å². The lowest BCUT2D eigenvalue weighted by molar-refractivity contribution is -0.135. The van der Waals surface area contributed by atoms with Gasteiger partial charge in [0.1, 0.15) is 0 Å². The predicted molar refractivity (Wildman–Crippen MR) is 57.8 cm³/mol. The largest absolute Gasteiger partial charge is 0.336 e. The lowest BCUT2D eigenvalue weighted by Gasteiger charge is -2.35. The SMILES string of the molecule is CC(C)CC(=O)N1CCC(N)C1(C)C. The highest BCUT2D eigenvalue weighted by atomic mass is 16.2. The van der Waals surface area contributed by atoms with Gasteiger partial charge in [-0.05, 0) is 26.2 Å². The van der Waals surface area contributed by atoms with Crippen molar-refractivity contribution in [3.63, 3.8) is 0 Å². The molecular formula is C11H22N2O. The second kappa shape index (κ2) is 3.89. The summed E-state index contributed by atoms with van der Waals surface area (Å²) in [5, 5.41) is 0. The molecular weight excluding hydrogens is 176 g/mol. The first kappa shape index (κ1) is 11.5. The van der Waals surface area contributed by atoms with Crippen molar-refractivity contribution in [2.45, 2.75) is 52.1 Å². The smallest absolute Gasteiger partial charge is 0.223 e. The van der Waals surface area contributed by atoms with E-state index in [9.17, 15) is 4.79 Å². The topological polar surface area (TPSA) is 46.3 Å². The van der Waals surface area contributed by atoms with E-state index in [1.54, 1.807) is 0 Å². The molecule has 0 aromatic heterocycles. The van der Waals surface area contributed by atoms with Gasteiger partial charge in [-0.25, -0.2) is 0 Å². The van der Waals surface area contributed by atoms with E-state index in [4.69, 9.17) is 5.73 Å². The van der Waals surface area contributed by atoms with E-state index in [1.165, 1.54) is 0 Å². The first-order chi connectivity index (χ1) is 6.35. The van der Waals surface area contributed by atoms with Gasteiger partial charge in [0.2, 0.25) is 5.91 Å². The number of likely N-dealkylation sites (tertiary alicyclic amines) is 1. The third-order valence-electron chi connectivity index (χ3n) is 3.15. The summed E-state index contributed by atoms with van der Waals surface area (Å²) in [7, 11) is 0. The molecule has 82 valence electrons. The van der Waals surface area contributed by atoms with Gasteiger partial charge >= 0.3 is 0 Å². The number of nitrogens with two attached hydrogens (primary N) is 1. The summed E-state index contributed by atoms with van der Waals surface area (Å²) in [6.07, 6.45) is 1.56. The van der Waals surface area contributed by atoms with Crippen LogP contribution in [0.4, 0.5) is 0 Å². The third kappa shape index (κ3) is 2.08. The molecule has 1 aliphatic heterocycles. The van der Waals surface area contributed by atoms with Crippen molar-refractivity contribution in [2.24, 2.45) is 11.7 Å². The fourth-order valence-electron chi connectivity index (χ4n) is 2.02. The number of rotatable bonds is 2. The highest BCUT2D eigenvalue weighted by Crippen LogP contribution is 2.28. The van der Waals surface area contributed by atoms with E-state index < -0.39 is 0 Å². The van der Waals surface area contributed by atoms with Gasteiger partial charge < -0.3 is 10.6 Å². The Morgan fingerprint density at radius 2 is 2.14 bits per heavy atom. The van der Waals surface area contributed by atoms with Crippen molar-refractivity contribution in [3.8, 4) is 0 Å². The van der Waals surface area contributed by atoms with Gasteiger partial charge in [-0.3, -0.25) is 4.79 Å². The Hall–Kier alpha value is -0.570. The van der Waals surface area contributed by atoms with Crippen LogP contribution >= 0.6 is 0 Å². The van der Waals surface area contributed by atoms with Gasteiger partial charge in [0, 0.05) is 19.0 Å². The zero-order chi connectivity index (χ0) is 10.9. The lowest BCUT2D eigenvalue weighted by Crippen LogP contribution is -2.51. The molecule has 1 amide bonds. The van der Waals surface area contributed by atoms with E-state index in [0.29, 0.717) is 12.3 Å². The molecule has 1 heterocycles. The molecule has 0 aromatic carbocycles. The number of hydrogen-bond acceptors (Lipinski definition) is 2. The molecule has 3 heteroatoms. The maximum atomic E-state index is 11.9. The van der Waals surface area contributed by atoms with Gasteiger partial charge in [0.25, 0.3) is 0 Å². The minimum Gasteiger partial charge on any atom is -0.336 e. The Balaban J connectivity index is 2.65. The van der Waals surface area contributed by atoms with Crippen LogP contribution in [0.5, 0.6) is 0 Å². The van der Waals surface area contributed by atoms with Crippen LogP contribution in [-0.2, 0) is 4.79 Å². The summed E-state index contributed by atoms with van der Waals surface area (Å²) in [6, 6.07) is 0.124. The van der Waals surface area contributed by atoms with Gasteiger partial charge in [-0.2, -0.15) is 0 Å². The lowest BCUT2D eigenvalue weighted by atomic mass is 9.96. The van der Waals surface area contributed by atoms with Crippen molar-refractivity contribution in [1.82, 2.24) is 4.90 Å². The van der Waals surface area contributed by atoms with Gasteiger partial charge in [0.15, 0.2) is 0 Å². The van der Waals surface area contributed by atoms with E-state index in [1.807, 2.05) is 4.90 Å². The molecule has 0 aliphatic carbocycles. The second-order valence-corrected chi connectivity index (χ2v) is 5.19. The van der Waals surface area contributed by atoms with Crippen molar-refractivity contribution >= 4 is 5.91 Å². The number of carbonyl (C=O) groups excluding carboxylic acids is 1. The molecule has 1 unspecified atom stereocenters. The summed E-state index contributed by atoms with van der Waals surface area (Å²) in [6.45, 7) is 9.08. The van der Waals surface area contributed by atoms with Crippen molar-refractivity contribution in [3.05, 3.63) is 0 Å². The monoisotopic (exact) mass is 198 g/mol. The van der Waals surface area contributed by atoms with Crippen LogP contribution in [0, 0.1) is 5.92 Å². The first-order valence-corrected chi connectivity index (χ1v) is 5.41. The summed E-state index contributed by atoms with van der Waals surface area (Å²) >= 11 is 0. The van der Waals surface area contributed by atoms with Crippen LogP contribution in [-0.4, -0.2) is 28.9 Å². The molecule has 1 rings (SSSR count). The highest BCUT2D eigenvalue weighted by Gasteiger charge is 2.41. The molecule has 1 atom stereocenters. The second-order valence-electron chi connectivity index (χ2n) is 5.19. The Bertz CT molecular complexity index is 223. The number of carbonyl (C=O) groups is 1. The molecule has 0 radical (unpaired) electrons. The maximum absolute atomic E-state index is 11.9. The van der Waals surface area contributed by atoms with Gasteiger partial charge in [0.05, 0.1) is 5.54 Å². The number of amides is 1. The standard InChI is InChI=1S/C11H22N2O/c1-8(2)7-10(14)13-6-5-9(12)11(13,3)4/h8-9H,5-7,12H2,1-4H3. The highest BCUT2D eigenvalue weighted by molar-refractivity contribution is 5.77. The molecule has 3 nitrogen and oxygen atoms in total. The summed E-state index contributed by atoms with van der Waals surface area (Å²) < 4.78 is 0. The van der Waals surface area contributed by atoms with Crippen molar-refractivity contribution in [2.75, 3.05) is 6.54 Å². The average molecular weight is 198 g/mol. The Morgan fingerprint density at radius 3 is 2.50 bits per heavy atom. The zero-order valence-electron chi connectivity index (χ0n) is 9.71. The first-order valence-electron chi connectivity index (χ1n) is 5.41. The van der Waals surface area contributed by atoms with Crippen LogP contribution < -0.4 is 5.73 Å².